The molecule has 0 spiro atoms. The Balaban J connectivity index is 3.88. The van der Waals surface area contributed by atoms with Crippen molar-refractivity contribution in [2.45, 2.75) is 10.2 Å². The molecule has 0 saturated heterocycles. The molecule has 0 fully saturated rings. The molecule has 0 radical (unpaired) electrons. The van der Waals surface area contributed by atoms with E-state index in [1.54, 1.807) is 0 Å². The van der Waals surface area contributed by atoms with Crippen LogP contribution in [0.1, 0.15) is 6.42 Å². The maximum atomic E-state index is 10.6. The molecule has 0 heterocycles. The number of Topliss-reactive ketones (excluding diaryl/α,β-unsaturated/α-hetero) is 1. The van der Waals surface area contributed by atoms with E-state index in [2.05, 4.69) is 6.58 Å². The van der Waals surface area contributed by atoms with Gasteiger partial charge >= 0.3 is 0 Å². The molecular weight excluding hydrogens is 182 g/mol. The van der Waals surface area contributed by atoms with Crippen molar-refractivity contribution in [3.8, 4) is 0 Å². The first-order valence-corrected chi connectivity index (χ1v) is 3.33. The molecule has 0 atom stereocenters. The van der Waals surface area contributed by atoms with Crippen LogP contribution in [0.2, 0.25) is 0 Å². The molecule has 52 valence electrons. The van der Waals surface area contributed by atoms with Crippen LogP contribution in [0.25, 0.3) is 0 Å². The van der Waals surface area contributed by atoms with Gasteiger partial charge in [0.2, 0.25) is 3.79 Å². The fraction of sp³-hybridized carbons (Fsp3) is 0.400. The zero-order valence-corrected chi connectivity index (χ0v) is 6.80. The SMILES string of the molecule is C=CCC(=O)C(Cl)(Cl)Cl. The zero-order chi connectivity index (χ0) is 7.49. The minimum Gasteiger partial charge on any atom is -0.295 e. The molecule has 0 aromatic carbocycles. The minimum atomic E-state index is -1.78. The Bertz CT molecular complexity index is 125. The first-order valence-electron chi connectivity index (χ1n) is 2.19. The second-order valence-electron chi connectivity index (χ2n) is 1.41. The summed E-state index contributed by atoms with van der Waals surface area (Å²) < 4.78 is -1.78. The Kier molecular flexibility index (Phi) is 3.56. The quantitative estimate of drug-likeness (QED) is 0.479. The summed E-state index contributed by atoms with van der Waals surface area (Å²) in [4.78, 5) is 10.6. The Morgan fingerprint density at radius 3 is 2.11 bits per heavy atom. The molecule has 0 rings (SSSR count). The minimum absolute atomic E-state index is 0.0938. The largest absolute Gasteiger partial charge is 0.295 e. The van der Waals surface area contributed by atoms with Crippen LogP contribution in [0, 0.1) is 0 Å². The summed E-state index contributed by atoms with van der Waals surface area (Å²) in [6, 6.07) is 0. The number of carbonyl (C=O) groups excluding carboxylic acids is 1. The van der Waals surface area contributed by atoms with Gasteiger partial charge in [-0.1, -0.05) is 40.9 Å². The molecule has 0 bridgehead atoms. The summed E-state index contributed by atoms with van der Waals surface area (Å²) in [7, 11) is 0. The van der Waals surface area contributed by atoms with Gasteiger partial charge in [-0.15, -0.1) is 6.58 Å². The van der Waals surface area contributed by atoms with Crippen LogP contribution in [-0.2, 0) is 4.79 Å². The highest BCUT2D eigenvalue weighted by atomic mass is 35.6. The smallest absolute Gasteiger partial charge is 0.249 e. The van der Waals surface area contributed by atoms with Crippen LogP contribution in [0.4, 0.5) is 0 Å². The van der Waals surface area contributed by atoms with Crippen molar-refractivity contribution < 1.29 is 4.79 Å². The van der Waals surface area contributed by atoms with E-state index < -0.39 is 9.58 Å². The lowest BCUT2D eigenvalue weighted by molar-refractivity contribution is -0.117. The number of hydrogen-bond donors (Lipinski definition) is 0. The maximum Gasteiger partial charge on any atom is 0.249 e. The maximum absolute atomic E-state index is 10.6. The Labute approximate surface area is 68.6 Å². The lowest BCUT2D eigenvalue weighted by atomic mass is 10.3. The van der Waals surface area contributed by atoms with E-state index in [9.17, 15) is 4.79 Å². The van der Waals surface area contributed by atoms with Gasteiger partial charge in [0.1, 0.15) is 0 Å². The van der Waals surface area contributed by atoms with Crippen LogP contribution >= 0.6 is 34.8 Å². The zero-order valence-electron chi connectivity index (χ0n) is 4.53. The van der Waals surface area contributed by atoms with E-state index in [1.807, 2.05) is 0 Å². The number of halogens is 3. The molecule has 0 aromatic heterocycles. The van der Waals surface area contributed by atoms with Crippen LogP contribution in [0.3, 0.4) is 0 Å². The lowest BCUT2D eigenvalue weighted by Gasteiger charge is -2.05. The van der Waals surface area contributed by atoms with Crippen LogP contribution < -0.4 is 0 Å². The molecule has 1 nitrogen and oxygen atoms in total. The Morgan fingerprint density at radius 2 is 2.00 bits per heavy atom. The van der Waals surface area contributed by atoms with Crippen molar-refractivity contribution in [2.24, 2.45) is 0 Å². The third kappa shape index (κ3) is 3.79. The van der Waals surface area contributed by atoms with Crippen molar-refractivity contribution in [3.63, 3.8) is 0 Å². The highest BCUT2D eigenvalue weighted by molar-refractivity contribution is 6.76. The van der Waals surface area contributed by atoms with Gasteiger partial charge in [-0.3, -0.25) is 4.79 Å². The van der Waals surface area contributed by atoms with E-state index in [-0.39, 0.29) is 6.42 Å². The van der Waals surface area contributed by atoms with Crippen molar-refractivity contribution in [2.75, 3.05) is 0 Å². The Hall–Kier alpha value is 0.280. The normalized spacial score (nSPS) is 11.0. The third-order valence-corrected chi connectivity index (χ3v) is 1.28. The highest BCUT2D eigenvalue weighted by Gasteiger charge is 2.28. The summed E-state index contributed by atoms with van der Waals surface area (Å²) >= 11 is 15.6. The second-order valence-corrected chi connectivity index (χ2v) is 3.69. The Morgan fingerprint density at radius 1 is 1.56 bits per heavy atom. The summed E-state index contributed by atoms with van der Waals surface area (Å²) in [5.41, 5.74) is 0. The average Bonchev–Trinajstić information content (AvgIpc) is 1.64. The molecule has 0 N–H and O–H groups in total. The molecule has 9 heavy (non-hydrogen) atoms. The molecule has 0 unspecified atom stereocenters. The molecule has 0 aliphatic carbocycles. The molecule has 0 aliphatic heterocycles. The molecule has 0 saturated carbocycles. The van der Waals surface area contributed by atoms with Crippen molar-refractivity contribution in [1.82, 2.24) is 0 Å². The van der Waals surface area contributed by atoms with Gasteiger partial charge in [-0.05, 0) is 0 Å². The number of rotatable bonds is 2. The first-order chi connectivity index (χ1) is 3.98. The standard InChI is InChI=1S/C5H5Cl3O/c1-2-3-4(9)5(6,7)8/h2H,1,3H2. The summed E-state index contributed by atoms with van der Waals surface area (Å²) in [5, 5.41) is 0. The lowest BCUT2D eigenvalue weighted by Crippen LogP contribution is -2.17. The fourth-order valence-corrected chi connectivity index (χ4v) is 0.478. The fourth-order valence-electron chi connectivity index (χ4n) is 0.247. The molecule has 4 heteroatoms. The molecule has 0 amide bonds. The highest BCUT2D eigenvalue weighted by Crippen LogP contribution is 2.28. The molecular formula is C5H5Cl3O. The monoisotopic (exact) mass is 186 g/mol. The van der Waals surface area contributed by atoms with Crippen LogP contribution in [-0.4, -0.2) is 9.58 Å². The van der Waals surface area contributed by atoms with Gasteiger partial charge in [-0.25, -0.2) is 0 Å². The van der Waals surface area contributed by atoms with Crippen molar-refractivity contribution >= 4 is 40.6 Å². The average molecular weight is 187 g/mol. The van der Waals surface area contributed by atoms with Gasteiger partial charge in [0.05, 0.1) is 0 Å². The summed E-state index contributed by atoms with van der Waals surface area (Å²) in [6.07, 6.45) is 1.49. The van der Waals surface area contributed by atoms with Gasteiger partial charge < -0.3 is 0 Å². The predicted molar refractivity (Wildman–Crippen MR) is 40.1 cm³/mol. The number of allylic oxidation sites excluding steroid dienone is 1. The number of carbonyl (C=O) groups is 1. The topological polar surface area (TPSA) is 17.1 Å². The number of alkyl halides is 3. The van der Waals surface area contributed by atoms with E-state index in [0.29, 0.717) is 0 Å². The van der Waals surface area contributed by atoms with Crippen LogP contribution in [0.15, 0.2) is 12.7 Å². The number of hydrogen-bond acceptors (Lipinski definition) is 1. The second kappa shape index (κ2) is 3.45. The summed E-state index contributed by atoms with van der Waals surface area (Å²) in [6.45, 7) is 3.32. The van der Waals surface area contributed by atoms with Crippen molar-refractivity contribution in [3.05, 3.63) is 12.7 Å². The van der Waals surface area contributed by atoms with E-state index in [0.717, 1.165) is 0 Å². The van der Waals surface area contributed by atoms with Crippen LogP contribution in [0.5, 0.6) is 0 Å². The first kappa shape index (κ1) is 9.28. The predicted octanol–water partition coefficient (Wildman–Crippen LogP) is 2.50. The van der Waals surface area contributed by atoms with Gasteiger partial charge in [0.15, 0.2) is 5.78 Å². The van der Waals surface area contributed by atoms with E-state index >= 15 is 0 Å². The third-order valence-electron chi connectivity index (χ3n) is 0.646. The van der Waals surface area contributed by atoms with E-state index in [1.165, 1.54) is 6.08 Å². The van der Waals surface area contributed by atoms with Gasteiger partial charge in [0.25, 0.3) is 0 Å². The van der Waals surface area contributed by atoms with Gasteiger partial charge in [-0.2, -0.15) is 0 Å². The van der Waals surface area contributed by atoms with Crippen molar-refractivity contribution in [1.29, 1.82) is 0 Å². The number of ketones is 1. The molecule has 0 aromatic rings. The molecule has 0 aliphatic rings. The summed E-state index contributed by atoms with van der Waals surface area (Å²) in [5.74, 6) is -0.456. The van der Waals surface area contributed by atoms with Gasteiger partial charge in [0, 0.05) is 6.42 Å². The van der Waals surface area contributed by atoms with E-state index in [4.69, 9.17) is 34.8 Å².